The lowest BCUT2D eigenvalue weighted by molar-refractivity contribution is -0.388. The Bertz CT molecular complexity index is 998. The molecule has 0 aliphatic rings. The number of thioether (sulfide) groups is 1. The molecule has 13 heteroatoms. The van der Waals surface area contributed by atoms with E-state index in [1.54, 1.807) is 0 Å². The van der Waals surface area contributed by atoms with Crippen LogP contribution in [0, 0.1) is 10.1 Å². The van der Waals surface area contributed by atoms with Crippen LogP contribution < -0.4 is 5.32 Å². The quantitative estimate of drug-likeness (QED) is 0.379. The number of amides is 1. The molecule has 2 unspecified atom stereocenters. The number of halogens is 3. The second-order valence-corrected chi connectivity index (χ2v) is 9.33. The Kier molecular flexibility index (Phi) is 7.54. The standard InChI is InChI=1S/C16H13F3N2O5S3/c1-28(25)10-6-7-14(12(8-10)21(23)24)29(26)9-15(22)20-11-4-2-3-5-13(11)27-16(17,18)19/h2-8H,9H2,1H3,(H,20,22). The summed E-state index contributed by atoms with van der Waals surface area (Å²) in [7, 11) is -3.65. The number of alkyl halides is 3. The molecule has 0 saturated heterocycles. The van der Waals surface area contributed by atoms with Gasteiger partial charge in [0.15, 0.2) is 0 Å². The van der Waals surface area contributed by atoms with E-state index in [1.807, 2.05) is 0 Å². The Morgan fingerprint density at radius 3 is 2.45 bits per heavy atom. The zero-order valence-corrected chi connectivity index (χ0v) is 17.0. The van der Waals surface area contributed by atoms with Crippen molar-refractivity contribution in [2.24, 2.45) is 0 Å². The van der Waals surface area contributed by atoms with Gasteiger partial charge in [0.25, 0.3) is 5.69 Å². The molecule has 2 atom stereocenters. The largest absolute Gasteiger partial charge is 0.446 e. The lowest BCUT2D eigenvalue weighted by Gasteiger charge is -2.12. The molecule has 0 radical (unpaired) electrons. The van der Waals surface area contributed by atoms with Crippen molar-refractivity contribution in [1.82, 2.24) is 0 Å². The Labute approximate surface area is 172 Å². The normalized spacial score (nSPS) is 13.5. The molecule has 0 fully saturated rings. The molecule has 29 heavy (non-hydrogen) atoms. The van der Waals surface area contributed by atoms with Gasteiger partial charge in [-0.1, -0.05) is 12.1 Å². The van der Waals surface area contributed by atoms with Crippen LogP contribution >= 0.6 is 11.8 Å². The highest BCUT2D eigenvalue weighted by atomic mass is 32.2. The van der Waals surface area contributed by atoms with E-state index in [1.165, 1.54) is 36.6 Å². The molecule has 0 heterocycles. The minimum atomic E-state index is -4.56. The van der Waals surface area contributed by atoms with E-state index < -0.39 is 61.1 Å². The van der Waals surface area contributed by atoms with Crippen LogP contribution in [0.2, 0.25) is 0 Å². The van der Waals surface area contributed by atoms with Crippen molar-refractivity contribution in [2.45, 2.75) is 20.2 Å². The van der Waals surface area contributed by atoms with Crippen molar-refractivity contribution in [2.75, 3.05) is 17.3 Å². The first-order chi connectivity index (χ1) is 13.5. The summed E-state index contributed by atoms with van der Waals surface area (Å²) < 4.78 is 61.8. The maximum absolute atomic E-state index is 12.6. The molecule has 156 valence electrons. The Morgan fingerprint density at radius 1 is 1.21 bits per heavy atom. The predicted molar refractivity (Wildman–Crippen MR) is 104 cm³/mol. The molecule has 0 aromatic heterocycles. The number of carbonyl (C=O) groups is 1. The van der Waals surface area contributed by atoms with Crippen LogP contribution in [0.3, 0.4) is 0 Å². The van der Waals surface area contributed by atoms with E-state index in [2.05, 4.69) is 5.32 Å². The fraction of sp³-hybridized carbons (Fsp3) is 0.188. The number of carbonyl (C=O) groups excluding carboxylic acids is 1. The molecule has 2 aromatic carbocycles. The highest BCUT2D eigenvalue weighted by molar-refractivity contribution is 8.00. The third-order valence-electron chi connectivity index (χ3n) is 3.35. The zero-order valence-electron chi connectivity index (χ0n) is 14.6. The van der Waals surface area contributed by atoms with E-state index in [4.69, 9.17) is 0 Å². The summed E-state index contributed by atoms with van der Waals surface area (Å²) in [6, 6.07) is 8.65. The molecule has 0 bridgehead atoms. The number of nitro groups is 1. The van der Waals surface area contributed by atoms with Crippen LogP contribution in [0.25, 0.3) is 0 Å². The molecule has 2 aromatic rings. The summed E-state index contributed by atoms with van der Waals surface area (Å²) in [4.78, 5) is 22.2. The van der Waals surface area contributed by atoms with Crippen LogP contribution in [-0.4, -0.2) is 36.8 Å². The Morgan fingerprint density at radius 2 is 1.86 bits per heavy atom. The average Bonchev–Trinajstić information content (AvgIpc) is 2.61. The fourth-order valence-corrected chi connectivity index (χ4v) is 4.39. The Hall–Kier alpha value is -2.25. The predicted octanol–water partition coefficient (Wildman–Crippen LogP) is 3.69. The second-order valence-electron chi connectivity index (χ2n) is 5.42. The minimum Gasteiger partial charge on any atom is -0.324 e. The van der Waals surface area contributed by atoms with Gasteiger partial charge in [-0.15, -0.1) is 0 Å². The second kappa shape index (κ2) is 9.50. The molecule has 2 rings (SSSR count). The number of nitrogens with zero attached hydrogens (tertiary/aromatic N) is 1. The van der Waals surface area contributed by atoms with Crippen molar-refractivity contribution in [3.8, 4) is 0 Å². The van der Waals surface area contributed by atoms with Crippen molar-refractivity contribution in [3.05, 3.63) is 52.6 Å². The van der Waals surface area contributed by atoms with Gasteiger partial charge in [0.1, 0.15) is 10.6 Å². The van der Waals surface area contributed by atoms with Gasteiger partial charge < -0.3 is 5.32 Å². The highest BCUT2D eigenvalue weighted by Gasteiger charge is 2.30. The van der Waals surface area contributed by atoms with Gasteiger partial charge in [-0.2, -0.15) is 13.2 Å². The summed E-state index contributed by atoms with van der Waals surface area (Å²) in [5.41, 5.74) is -5.24. The highest BCUT2D eigenvalue weighted by Crippen LogP contribution is 2.40. The van der Waals surface area contributed by atoms with Gasteiger partial charge >= 0.3 is 5.51 Å². The lowest BCUT2D eigenvalue weighted by Crippen LogP contribution is -2.20. The van der Waals surface area contributed by atoms with Crippen LogP contribution in [0.4, 0.5) is 24.5 Å². The van der Waals surface area contributed by atoms with Gasteiger partial charge in [0.2, 0.25) is 5.91 Å². The lowest BCUT2D eigenvalue weighted by atomic mass is 10.3. The summed E-state index contributed by atoms with van der Waals surface area (Å²) in [5.74, 6) is -1.59. The number of benzene rings is 2. The molecular formula is C16H13F3N2O5S3. The van der Waals surface area contributed by atoms with Gasteiger partial charge in [0, 0.05) is 22.1 Å². The van der Waals surface area contributed by atoms with E-state index in [0.717, 1.165) is 12.1 Å². The molecule has 1 N–H and O–H groups in total. The molecule has 0 spiro atoms. The number of nitrogens with one attached hydrogen (secondary N) is 1. The average molecular weight is 466 g/mol. The maximum atomic E-state index is 12.6. The summed E-state index contributed by atoms with van der Waals surface area (Å²) >= 11 is -0.413. The molecule has 0 aliphatic heterocycles. The van der Waals surface area contributed by atoms with Crippen molar-refractivity contribution in [3.63, 3.8) is 0 Å². The molecule has 7 nitrogen and oxygen atoms in total. The van der Waals surface area contributed by atoms with E-state index >= 15 is 0 Å². The fourth-order valence-electron chi connectivity index (χ4n) is 2.18. The monoisotopic (exact) mass is 466 g/mol. The van der Waals surface area contributed by atoms with Crippen molar-refractivity contribution < 1.29 is 31.3 Å². The number of para-hydroxylation sites is 1. The van der Waals surface area contributed by atoms with Crippen LogP contribution in [0.15, 0.2) is 57.2 Å². The van der Waals surface area contributed by atoms with Gasteiger partial charge in [0.05, 0.1) is 32.2 Å². The number of hydrogen-bond acceptors (Lipinski definition) is 6. The molecule has 0 saturated carbocycles. The van der Waals surface area contributed by atoms with Crippen LogP contribution in [0.5, 0.6) is 0 Å². The summed E-state index contributed by atoms with van der Waals surface area (Å²) in [5, 5.41) is 13.5. The molecule has 0 aliphatic carbocycles. The Balaban J connectivity index is 2.20. The van der Waals surface area contributed by atoms with Crippen LogP contribution in [-0.2, 0) is 26.4 Å². The minimum absolute atomic E-state index is 0.122. The zero-order chi connectivity index (χ0) is 21.8. The summed E-state index contributed by atoms with van der Waals surface area (Å²) in [6.45, 7) is 0. The van der Waals surface area contributed by atoms with Gasteiger partial charge in [-0.05, 0) is 36.0 Å². The molecular weight excluding hydrogens is 453 g/mol. The van der Waals surface area contributed by atoms with Crippen molar-refractivity contribution in [1.29, 1.82) is 0 Å². The number of anilines is 1. The number of hydrogen-bond donors (Lipinski definition) is 1. The number of rotatable bonds is 7. The third-order valence-corrected chi connectivity index (χ3v) is 6.44. The van der Waals surface area contributed by atoms with Crippen molar-refractivity contribution >= 4 is 50.6 Å². The van der Waals surface area contributed by atoms with Gasteiger partial charge in [-0.25, -0.2) is 0 Å². The summed E-state index contributed by atoms with van der Waals surface area (Å²) in [6.07, 6.45) is 1.32. The van der Waals surface area contributed by atoms with Gasteiger partial charge in [-0.3, -0.25) is 23.3 Å². The first-order valence-electron chi connectivity index (χ1n) is 7.63. The van der Waals surface area contributed by atoms with Crippen LogP contribution in [0.1, 0.15) is 0 Å². The SMILES string of the molecule is CS(=O)c1ccc(S(=O)CC(=O)Nc2ccccc2SC(F)(F)F)c([N+](=O)[O-])c1. The maximum Gasteiger partial charge on any atom is 0.446 e. The van der Waals surface area contributed by atoms with E-state index in [0.29, 0.717) is 0 Å². The molecule has 1 amide bonds. The topological polar surface area (TPSA) is 106 Å². The first-order valence-corrected chi connectivity index (χ1v) is 11.3. The smallest absolute Gasteiger partial charge is 0.324 e. The third kappa shape index (κ3) is 6.65. The van der Waals surface area contributed by atoms with E-state index in [-0.39, 0.29) is 20.4 Å². The number of nitro benzene ring substituents is 1. The first kappa shape index (κ1) is 23.0. The van der Waals surface area contributed by atoms with E-state index in [9.17, 15) is 36.5 Å².